The van der Waals surface area contributed by atoms with Gasteiger partial charge in [-0.1, -0.05) is 0 Å². The number of nitrogens with zero attached hydrogens (tertiary/aromatic N) is 5. The molecule has 1 amide bonds. The summed E-state index contributed by atoms with van der Waals surface area (Å²) in [5, 5.41) is 7.99. The van der Waals surface area contributed by atoms with Crippen molar-refractivity contribution in [2.24, 2.45) is 0 Å². The predicted molar refractivity (Wildman–Crippen MR) is 134 cm³/mol. The first kappa shape index (κ1) is 23.0. The molecule has 1 fully saturated rings. The molecule has 2 N–H and O–H groups in total. The van der Waals surface area contributed by atoms with Gasteiger partial charge in [0.15, 0.2) is 0 Å². The van der Waals surface area contributed by atoms with E-state index in [1.54, 1.807) is 6.07 Å². The van der Waals surface area contributed by atoms with Crippen LogP contribution in [0.1, 0.15) is 29.4 Å². The molecular weight excluding hydrogens is 512 g/mol. The molecule has 0 bridgehead atoms. The maximum atomic E-state index is 13.9. The molecule has 1 aromatic carbocycles. The van der Waals surface area contributed by atoms with Crippen LogP contribution in [0.4, 0.5) is 20.4 Å². The van der Waals surface area contributed by atoms with Crippen LogP contribution in [-0.2, 0) is 0 Å². The van der Waals surface area contributed by atoms with Gasteiger partial charge in [0, 0.05) is 47.1 Å². The van der Waals surface area contributed by atoms with E-state index in [-0.39, 0.29) is 41.5 Å². The average Bonchev–Trinajstić information content (AvgIpc) is 3.14. The molecular formula is C23H20ClF2N7O2S. The lowest BCUT2D eigenvalue weighted by Gasteiger charge is -2.32. The second kappa shape index (κ2) is 8.63. The summed E-state index contributed by atoms with van der Waals surface area (Å²) < 4.78 is 34.5. The number of hydrogen-bond acceptors (Lipinski definition) is 9. The number of amides is 1. The van der Waals surface area contributed by atoms with Gasteiger partial charge in [-0.2, -0.15) is 15.0 Å². The van der Waals surface area contributed by atoms with Gasteiger partial charge in [-0.05, 0) is 43.1 Å². The van der Waals surface area contributed by atoms with Crippen molar-refractivity contribution in [3.8, 4) is 11.9 Å². The quantitative estimate of drug-likeness (QED) is 0.386. The summed E-state index contributed by atoms with van der Waals surface area (Å²) in [6, 6.07) is 7.16. The summed E-state index contributed by atoms with van der Waals surface area (Å²) in [4.78, 5) is 31.4. The molecule has 4 aromatic rings. The van der Waals surface area contributed by atoms with Crippen molar-refractivity contribution >= 4 is 61.5 Å². The third-order valence-corrected chi connectivity index (χ3v) is 7.44. The minimum absolute atomic E-state index is 0.00787. The molecule has 2 aliphatic rings. The van der Waals surface area contributed by atoms with E-state index in [1.807, 2.05) is 25.1 Å². The van der Waals surface area contributed by atoms with Crippen LogP contribution in [-0.4, -0.2) is 57.4 Å². The van der Waals surface area contributed by atoms with Crippen LogP contribution in [0.15, 0.2) is 24.3 Å². The number of fused-ring (bicyclic) bond motifs is 5. The first-order valence-corrected chi connectivity index (χ1v) is 12.6. The predicted octanol–water partition coefficient (Wildman–Crippen LogP) is 4.86. The van der Waals surface area contributed by atoms with Crippen molar-refractivity contribution < 1.29 is 18.3 Å². The van der Waals surface area contributed by atoms with Gasteiger partial charge in [-0.3, -0.25) is 4.79 Å². The van der Waals surface area contributed by atoms with Gasteiger partial charge in [0.1, 0.15) is 4.88 Å². The van der Waals surface area contributed by atoms with Crippen LogP contribution in [0.5, 0.6) is 11.9 Å². The number of ether oxygens (including phenoxy) is 1. The van der Waals surface area contributed by atoms with E-state index < -0.39 is 12.5 Å². The first-order valence-electron chi connectivity index (χ1n) is 11.4. The molecule has 1 saturated heterocycles. The van der Waals surface area contributed by atoms with E-state index in [0.29, 0.717) is 29.9 Å². The van der Waals surface area contributed by atoms with Crippen LogP contribution in [0.25, 0.3) is 21.0 Å². The number of alkyl halides is 2. The van der Waals surface area contributed by atoms with Gasteiger partial charge in [0.25, 0.3) is 11.8 Å². The van der Waals surface area contributed by atoms with Gasteiger partial charge >= 0.3 is 6.01 Å². The molecule has 13 heteroatoms. The van der Waals surface area contributed by atoms with Crippen molar-refractivity contribution in [1.29, 1.82) is 0 Å². The third kappa shape index (κ3) is 4.24. The molecule has 2 aliphatic heterocycles. The maximum absolute atomic E-state index is 13.9. The topological polar surface area (TPSA) is 105 Å². The number of anilines is 2. The summed E-state index contributed by atoms with van der Waals surface area (Å²) >= 11 is 7.47. The summed E-state index contributed by atoms with van der Waals surface area (Å²) in [5.74, 6) is -2.68. The number of hydrogen-bond donors (Lipinski definition) is 2. The second-order valence-corrected chi connectivity index (χ2v) is 10.3. The highest BCUT2D eigenvalue weighted by Crippen LogP contribution is 2.41. The molecule has 0 radical (unpaired) electrons. The minimum Gasteiger partial charge on any atom is -0.405 e. The van der Waals surface area contributed by atoms with Crippen molar-refractivity contribution in [2.75, 3.05) is 29.9 Å². The SMILES string of the molecule is C[C@@H]1CNc2c(sc3ccc4nc(Oc5nc(Cl)nc(N6CCCC(F)(F)C6)n5)ccc4c23)C(=O)N1. The number of carbonyl (C=O) groups excluding carboxylic acids is 1. The Balaban J connectivity index is 1.34. The molecule has 0 aliphatic carbocycles. The van der Waals surface area contributed by atoms with E-state index in [2.05, 4.69) is 30.6 Å². The highest BCUT2D eigenvalue weighted by atomic mass is 35.5. The summed E-state index contributed by atoms with van der Waals surface area (Å²) in [6.45, 7) is 2.45. The lowest BCUT2D eigenvalue weighted by atomic mass is 10.1. The number of carbonyl (C=O) groups is 1. The Morgan fingerprint density at radius 3 is 2.89 bits per heavy atom. The summed E-state index contributed by atoms with van der Waals surface area (Å²) in [5.41, 5.74) is 1.45. The van der Waals surface area contributed by atoms with E-state index >= 15 is 0 Å². The van der Waals surface area contributed by atoms with Crippen molar-refractivity contribution in [1.82, 2.24) is 25.3 Å². The normalized spacial score (nSPS) is 19.5. The van der Waals surface area contributed by atoms with E-state index in [4.69, 9.17) is 16.3 Å². The van der Waals surface area contributed by atoms with Crippen molar-refractivity contribution in [3.63, 3.8) is 0 Å². The Morgan fingerprint density at radius 1 is 1.19 bits per heavy atom. The zero-order chi connectivity index (χ0) is 25.0. The summed E-state index contributed by atoms with van der Waals surface area (Å²) in [6.07, 6.45) is 0.140. The molecule has 6 rings (SSSR count). The fourth-order valence-corrected chi connectivity index (χ4v) is 5.75. The van der Waals surface area contributed by atoms with Crippen molar-refractivity contribution in [2.45, 2.75) is 31.7 Å². The number of rotatable bonds is 3. The van der Waals surface area contributed by atoms with Crippen LogP contribution in [0, 0.1) is 0 Å². The van der Waals surface area contributed by atoms with Gasteiger partial charge in [0.05, 0.1) is 17.7 Å². The minimum atomic E-state index is -2.82. The Kier molecular flexibility index (Phi) is 5.52. The zero-order valence-corrected chi connectivity index (χ0v) is 20.6. The smallest absolute Gasteiger partial charge is 0.329 e. The Hall–Kier alpha value is -3.38. The fraction of sp³-hybridized carbons (Fsp3) is 0.348. The van der Waals surface area contributed by atoms with Gasteiger partial charge < -0.3 is 20.3 Å². The number of benzene rings is 1. The van der Waals surface area contributed by atoms with Crippen LogP contribution in [0.2, 0.25) is 5.28 Å². The fourth-order valence-electron chi connectivity index (χ4n) is 4.50. The number of piperidine rings is 1. The average molecular weight is 532 g/mol. The van der Waals surface area contributed by atoms with Gasteiger partial charge in [-0.25, -0.2) is 13.8 Å². The molecule has 3 aromatic heterocycles. The zero-order valence-electron chi connectivity index (χ0n) is 19.0. The lowest BCUT2D eigenvalue weighted by Crippen LogP contribution is -2.43. The third-order valence-electron chi connectivity index (χ3n) is 6.11. The molecule has 0 saturated carbocycles. The monoisotopic (exact) mass is 531 g/mol. The number of halogens is 3. The largest absolute Gasteiger partial charge is 0.405 e. The Labute approximate surface area is 212 Å². The van der Waals surface area contributed by atoms with Crippen LogP contribution < -0.4 is 20.3 Å². The molecule has 0 unspecified atom stereocenters. The Morgan fingerprint density at radius 2 is 2.06 bits per heavy atom. The molecule has 36 heavy (non-hydrogen) atoms. The number of thiophene rings is 1. The lowest BCUT2D eigenvalue weighted by molar-refractivity contribution is -0.0121. The van der Waals surface area contributed by atoms with E-state index in [0.717, 1.165) is 21.2 Å². The van der Waals surface area contributed by atoms with Crippen molar-refractivity contribution in [3.05, 3.63) is 34.4 Å². The van der Waals surface area contributed by atoms with Crippen LogP contribution in [0.3, 0.4) is 0 Å². The molecule has 9 nitrogen and oxygen atoms in total. The molecule has 0 spiro atoms. The van der Waals surface area contributed by atoms with Gasteiger partial charge in [-0.15, -0.1) is 11.3 Å². The maximum Gasteiger partial charge on any atom is 0.329 e. The molecule has 1 atom stereocenters. The Bertz CT molecular complexity index is 1520. The van der Waals surface area contributed by atoms with Crippen LogP contribution >= 0.6 is 22.9 Å². The highest BCUT2D eigenvalue weighted by Gasteiger charge is 2.36. The molecule has 5 heterocycles. The molecule has 186 valence electrons. The first-order chi connectivity index (χ1) is 17.3. The summed E-state index contributed by atoms with van der Waals surface area (Å²) in [7, 11) is 0. The highest BCUT2D eigenvalue weighted by molar-refractivity contribution is 7.21. The number of pyridine rings is 1. The number of aromatic nitrogens is 4. The van der Waals surface area contributed by atoms with E-state index in [9.17, 15) is 13.6 Å². The second-order valence-electron chi connectivity index (χ2n) is 8.89. The number of nitrogens with one attached hydrogen (secondary N) is 2. The van der Waals surface area contributed by atoms with E-state index in [1.165, 1.54) is 16.2 Å². The van der Waals surface area contributed by atoms with Gasteiger partial charge in [0.2, 0.25) is 17.1 Å². The standard InChI is InChI=1S/C23H20ClF2N7O2S/c1-11-9-27-17-16-12-3-6-15(29-13(12)4-5-14(16)36-18(17)19(34)28-11)35-22-31-20(24)30-21(32-22)33-8-2-7-23(25,26)10-33/h3-6,11,27H,2,7-10H2,1H3,(H,28,34)/t11-/m1/s1.